The second kappa shape index (κ2) is 13.2. The third kappa shape index (κ3) is 8.64. The molecule has 0 aromatic heterocycles. The number of morpholine rings is 1. The van der Waals surface area contributed by atoms with Gasteiger partial charge in [-0.05, 0) is 50.2 Å². The zero-order valence-corrected chi connectivity index (χ0v) is 20.3. The average Bonchev–Trinajstić information content (AvgIpc) is 2.71. The van der Waals surface area contributed by atoms with Crippen molar-refractivity contribution in [3.63, 3.8) is 0 Å². The first-order valence-electron chi connectivity index (χ1n) is 10.8. The largest absolute Gasteiger partial charge is 0.376 e. The van der Waals surface area contributed by atoms with Gasteiger partial charge in [-0.1, -0.05) is 35.9 Å². The van der Waals surface area contributed by atoms with Crippen LogP contribution in [0.25, 0.3) is 0 Å². The normalized spacial score (nSPS) is 20.6. The Morgan fingerprint density at radius 3 is 2.86 bits per heavy atom. The Morgan fingerprint density at radius 2 is 2.10 bits per heavy atom. The number of hydrogen-bond acceptors (Lipinski definition) is 3. The summed E-state index contributed by atoms with van der Waals surface area (Å²) in [6.07, 6.45) is 9.08. The minimum absolute atomic E-state index is 0. The van der Waals surface area contributed by atoms with Crippen LogP contribution in [0.4, 0.5) is 0 Å². The number of nitrogens with one attached hydrogen (secondary N) is 2. The van der Waals surface area contributed by atoms with Crippen molar-refractivity contribution in [3.8, 4) is 0 Å². The summed E-state index contributed by atoms with van der Waals surface area (Å²) in [7, 11) is 1.84. The van der Waals surface area contributed by atoms with E-state index in [0.717, 1.165) is 51.7 Å². The van der Waals surface area contributed by atoms with E-state index in [0.29, 0.717) is 6.10 Å². The monoisotopic (exact) mass is 512 g/mol. The van der Waals surface area contributed by atoms with Gasteiger partial charge in [0.05, 0.1) is 12.7 Å². The Balaban J connectivity index is 0.00000300. The number of guanidine groups is 1. The van der Waals surface area contributed by atoms with Crippen LogP contribution in [-0.4, -0.2) is 50.3 Å². The van der Waals surface area contributed by atoms with Crippen LogP contribution in [0.3, 0.4) is 0 Å². The van der Waals surface area contributed by atoms with Crippen LogP contribution in [0.15, 0.2) is 40.9 Å². The van der Waals surface area contributed by atoms with Gasteiger partial charge in [-0.15, -0.1) is 24.0 Å². The lowest BCUT2D eigenvalue weighted by Gasteiger charge is -2.31. The zero-order chi connectivity index (χ0) is 19.6. The van der Waals surface area contributed by atoms with Crippen LogP contribution in [0, 0.1) is 0 Å². The second-order valence-corrected chi connectivity index (χ2v) is 7.95. The molecule has 0 saturated carbocycles. The molecule has 0 radical (unpaired) electrons. The quantitative estimate of drug-likeness (QED) is 0.250. The van der Waals surface area contributed by atoms with E-state index >= 15 is 0 Å². The third-order valence-electron chi connectivity index (χ3n) is 5.53. The lowest BCUT2D eigenvalue weighted by atomic mass is 9.97. The number of hydrogen-bond donors (Lipinski definition) is 2. The lowest BCUT2D eigenvalue weighted by Crippen LogP contribution is -2.40. The third-order valence-corrected chi connectivity index (χ3v) is 5.53. The molecule has 29 heavy (non-hydrogen) atoms. The molecule has 1 aromatic carbocycles. The summed E-state index contributed by atoms with van der Waals surface area (Å²) in [5.41, 5.74) is 4.25. The summed E-state index contributed by atoms with van der Waals surface area (Å²) < 4.78 is 5.64. The second-order valence-electron chi connectivity index (χ2n) is 7.95. The van der Waals surface area contributed by atoms with E-state index in [9.17, 15) is 0 Å². The first-order valence-corrected chi connectivity index (χ1v) is 10.8. The molecule has 5 nitrogen and oxygen atoms in total. The van der Waals surface area contributed by atoms with Crippen molar-refractivity contribution in [2.24, 2.45) is 4.99 Å². The van der Waals surface area contributed by atoms with Gasteiger partial charge in [0, 0.05) is 39.8 Å². The van der Waals surface area contributed by atoms with Gasteiger partial charge in [-0.25, -0.2) is 0 Å². The summed E-state index contributed by atoms with van der Waals surface area (Å²) in [5.74, 6) is 0.879. The fourth-order valence-corrected chi connectivity index (χ4v) is 4.01. The van der Waals surface area contributed by atoms with E-state index in [1.165, 1.54) is 36.8 Å². The minimum atomic E-state index is 0. The fraction of sp³-hybridized carbons (Fsp3) is 0.609. The van der Waals surface area contributed by atoms with Crippen molar-refractivity contribution in [1.82, 2.24) is 15.5 Å². The topological polar surface area (TPSA) is 48.9 Å². The van der Waals surface area contributed by atoms with E-state index in [2.05, 4.69) is 57.8 Å². The minimum Gasteiger partial charge on any atom is -0.376 e. The standard InChI is InChI=1S/C23H36N4O.HI/c1-19-17-27(13-14-28-19)18-22-10-6-9-21(15-22)16-26-23(24-2)25-12-11-20-7-4-3-5-8-20;/h6-7,9-10,15,19H,3-5,8,11-14,16-18H2,1-2H3,(H2,24,25,26);1H. The van der Waals surface area contributed by atoms with Crippen LogP contribution in [-0.2, 0) is 17.8 Å². The van der Waals surface area contributed by atoms with E-state index in [1.54, 1.807) is 5.57 Å². The van der Waals surface area contributed by atoms with Crippen molar-refractivity contribution in [2.45, 2.75) is 58.2 Å². The number of nitrogens with zero attached hydrogens (tertiary/aromatic N) is 2. The summed E-state index contributed by atoms with van der Waals surface area (Å²) >= 11 is 0. The molecule has 1 saturated heterocycles. The molecule has 2 N–H and O–H groups in total. The number of ether oxygens (including phenoxy) is 1. The Morgan fingerprint density at radius 1 is 1.24 bits per heavy atom. The maximum atomic E-state index is 5.64. The maximum Gasteiger partial charge on any atom is 0.191 e. The van der Waals surface area contributed by atoms with Gasteiger partial charge in [0.2, 0.25) is 0 Å². The van der Waals surface area contributed by atoms with Crippen LogP contribution in [0.1, 0.15) is 50.2 Å². The Labute approximate surface area is 193 Å². The molecule has 6 heteroatoms. The van der Waals surface area contributed by atoms with E-state index in [4.69, 9.17) is 4.74 Å². The summed E-state index contributed by atoms with van der Waals surface area (Å²) in [4.78, 5) is 6.84. The molecule has 1 aliphatic heterocycles. The highest BCUT2D eigenvalue weighted by molar-refractivity contribution is 14.0. The summed E-state index contributed by atoms with van der Waals surface area (Å²) in [6, 6.07) is 8.85. The predicted molar refractivity (Wildman–Crippen MR) is 132 cm³/mol. The Kier molecular flexibility index (Phi) is 11.0. The predicted octanol–water partition coefficient (Wildman–Crippen LogP) is 4.08. The number of allylic oxidation sites excluding steroid dienone is 1. The van der Waals surface area contributed by atoms with Crippen molar-refractivity contribution >= 4 is 29.9 Å². The molecule has 2 aliphatic rings. The molecule has 162 valence electrons. The van der Waals surface area contributed by atoms with Crippen molar-refractivity contribution in [1.29, 1.82) is 0 Å². The Bertz CT molecular complexity index is 677. The molecule has 0 amide bonds. The van der Waals surface area contributed by atoms with Gasteiger partial charge in [0.25, 0.3) is 0 Å². The van der Waals surface area contributed by atoms with Crippen LogP contribution >= 0.6 is 24.0 Å². The molecule has 0 spiro atoms. The average molecular weight is 512 g/mol. The highest BCUT2D eigenvalue weighted by Gasteiger charge is 2.16. The fourth-order valence-electron chi connectivity index (χ4n) is 4.01. The maximum absolute atomic E-state index is 5.64. The molecule has 1 heterocycles. The molecule has 3 rings (SSSR count). The van der Waals surface area contributed by atoms with Crippen LogP contribution < -0.4 is 10.6 Å². The molecular weight excluding hydrogens is 475 g/mol. The summed E-state index contributed by atoms with van der Waals surface area (Å²) in [6.45, 7) is 7.73. The van der Waals surface area contributed by atoms with E-state index in [1.807, 2.05) is 7.05 Å². The first kappa shape index (κ1) is 24.2. The van der Waals surface area contributed by atoms with Gasteiger partial charge in [0.15, 0.2) is 5.96 Å². The van der Waals surface area contributed by atoms with Crippen molar-refractivity contribution in [3.05, 3.63) is 47.0 Å². The molecule has 0 bridgehead atoms. The van der Waals surface area contributed by atoms with Crippen LogP contribution in [0.5, 0.6) is 0 Å². The number of benzene rings is 1. The van der Waals surface area contributed by atoms with Crippen molar-refractivity contribution in [2.75, 3.05) is 33.3 Å². The lowest BCUT2D eigenvalue weighted by molar-refractivity contribution is -0.0212. The number of rotatable bonds is 7. The SMILES string of the molecule is CN=C(NCCC1=CCCCC1)NCc1cccc(CN2CCOC(C)C2)c1.I. The molecular formula is C23H37IN4O. The van der Waals surface area contributed by atoms with Gasteiger partial charge >= 0.3 is 0 Å². The zero-order valence-electron chi connectivity index (χ0n) is 18.0. The summed E-state index contributed by atoms with van der Waals surface area (Å²) in [5, 5.41) is 6.90. The molecule has 1 aliphatic carbocycles. The van der Waals surface area contributed by atoms with Crippen molar-refractivity contribution < 1.29 is 4.74 Å². The number of halogens is 1. The number of aliphatic imine (C=N–C) groups is 1. The van der Waals surface area contributed by atoms with E-state index in [-0.39, 0.29) is 24.0 Å². The van der Waals surface area contributed by atoms with Gasteiger partial charge in [0.1, 0.15) is 0 Å². The smallest absolute Gasteiger partial charge is 0.191 e. The highest BCUT2D eigenvalue weighted by Crippen LogP contribution is 2.19. The molecule has 1 unspecified atom stereocenters. The van der Waals surface area contributed by atoms with Gasteiger partial charge in [-0.2, -0.15) is 0 Å². The van der Waals surface area contributed by atoms with Gasteiger partial charge in [-0.3, -0.25) is 9.89 Å². The molecule has 1 fully saturated rings. The molecule has 1 atom stereocenters. The highest BCUT2D eigenvalue weighted by atomic mass is 127. The Hall–Kier alpha value is -1.12. The van der Waals surface area contributed by atoms with Crippen LogP contribution in [0.2, 0.25) is 0 Å². The first-order chi connectivity index (χ1) is 13.7. The molecule has 1 aromatic rings. The van der Waals surface area contributed by atoms with Gasteiger partial charge < -0.3 is 15.4 Å². The van der Waals surface area contributed by atoms with E-state index < -0.39 is 0 Å².